The van der Waals surface area contributed by atoms with E-state index in [-0.39, 0.29) is 6.10 Å². The Balaban J connectivity index is 2.67. The van der Waals surface area contributed by atoms with E-state index in [1.54, 1.807) is 19.1 Å². The van der Waals surface area contributed by atoms with E-state index >= 15 is 0 Å². The molecule has 4 heteroatoms. The molecule has 0 saturated heterocycles. The molecule has 1 unspecified atom stereocenters. The molecule has 0 fully saturated rings. The number of halogens is 2. The summed E-state index contributed by atoms with van der Waals surface area (Å²) in [5, 5.41) is 10.6. The van der Waals surface area contributed by atoms with Crippen molar-refractivity contribution in [3.8, 4) is 0 Å². The Bertz CT molecular complexity index is 328. The quantitative estimate of drug-likeness (QED) is 0.885. The standard InChI is InChI=1S/C11H15Cl2NO/c1-8(15)6-14(2)7-9-5-10(12)3-4-11(9)13/h3-5,8,15H,6-7H2,1-2H3. The van der Waals surface area contributed by atoms with Gasteiger partial charge in [-0.2, -0.15) is 0 Å². The van der Waals surface area contributed by atoms with Crippen molar-refractivity contribution in [2.24, 2.45) is 0 Å². The predicted octanol–water partition coefficient (Wildman–Crippen LogP) is 2.81. The molecule has 0 aliphatic carbocycles. The second kappa shape index (κ2) is 5.71. The van der Waals surface area contributed by atoms with Crippen molar-refractivity contribution < 1.29 is 5.11 Å². The molecule has 0 aromatic heterocycles. The minimum absolute atomic E-state index is 0.340. The third-order valence-electron chi connectivity index (χ3n) is 2.02. The SMILES string of the molecule is CC(O)CN(C)Cc1cc(Cl)ccc1Cl. The number of benzene rings is 1. The number of aliphatic hydroxyl groups is 1. The van der Waals surface area contributed by atoms with Gasteiger partial charge in [-0.3, -0.25) is 4.90 Å². The zero-order valence-corrected chi connectivity index (χ0v) is 10.4. The van der Waals surface area contributed by atoms with Crippen LogP contribution in [-0.4, -0.2) is 29.7 Å². The summed E-state index contributed by atoms with van der Waals surface area (Å²) in [5.74, 6) is 0. The Labute approximate surface area is 100 Å². The van der Waals surface area contributed by atoms with Gasteiger partial charge in [0.2, 0.25) is 0 Å². The number of aliphatic hydroxyl groups excluding tert-OH is 1. The Morgan fingerprint density at radius 1 is 1.40 bits per heavy atom. The van der Waals surface area contributed by atoms with Gasteiger partial charge in [-0.15, -0.1) is 0 Å². The van der Waals surface area contributed by atoms with Crippen molar-refractivity contribution >= 4 is 23.2 Å². The van der Waals surface area contributed by atoms with E-state index < -0.39 is 0 Å². The molecule has 0 spiro atoms. The average Bonchev–Trinajstić information content (AvgIpc) is 2.10. The van der Waals surface area contributed by atoms with E-state index in [0.717, 1.165) is 5.56 Å². The van der Waals surface area contributed by atoms with E-state index in [1.165, 1.54) is 0 Å². The van der Waals surface area contributed by atoms with Gasteiger partial charge in [-0.05, 0) is 37.7 Å². The fraction of sp³-hybridized carbons (Fsp3) is 0.455. The summed E-state index contributed by atoms with van der Waals surface area (Å²) in [6, 6.07) is 5.40. The van der Waals surface area contributed by atoms with Crippen molar-refractivity contribution in [2.75, 3.05) is 13.6 Å². The highest BCUT2D eigenvalue weighted by Gasteiger charge is 2.07. The van der Waals surface area contributed by atoms with Gasteiger partial charge >= 0.3 is 0 Å². The smallest absolute Gasteiger partial charge is 0.0639 e. The van der Waals surface area contributed by atoms with Crippen LogP contribution >= 0.6 is 23.2 Å². The maximum absolute atomic E-state index is 9.22. The average molecular weight is 248 g/mol. The number of rotatable bonds is 4. The van der Waals surface area contributed by atoms with Crippen LogP contribution in [0.5, 0.6) is 0 Å². The van der Waals surface area contributed by atoms with Crippen LogP contribution in [0.15, 0.2) is 18.2 Å². The number of nitrogens with zero attached hydrogens (tertiary/aromatic N) is 1. The normalized spacial score (nSPS) is 13.2. The molecular formula is C11H15Cl2NO. The maximum Gasteiger partial charge on any atom is 0.0639 e. The first-order chi connectivity index (χ1) is 6.99. The molecule has 0 saturated carbocycles. The summed E-state index contributed by atoms with van der Waals surface area (Å²) in [4.78, 5) is 2.00. The lowest BCUT2D eigenvalue weighted by Crippen LogP contribution is -2.26. The summed E-state index contributed by atoms with van der Waals surface area (Å²) >= 11 is 11.9. The Hall–Kier alpha value is -0.280. The third kappa shape index (κ3) is 4.39. The molecule has 0 radical (unpaired) electrons. The molecular weight excluding hydrogens is 233 g/mol. The van der Waals surface area contributed by atoms with Crippen molar-refractivity contribution in [3.05, 3.63) is 33.8 Å². The number of likely N-dealkylation sites (N-methyl/N-ethyl adjacent to an activating group) is 1. The van der Waals surface area contributed by atoms with Gasteiger partial charge in [0.1, 0.15) is 0 Å². The zero-order valence-electron chi connectivity index (χ0n) is 8.87. The summed E-state index contributed by atoms with van der Waals surface area (Å²) < 4.78 is 0. The molecule has 0 heterocycles. The van der Waals surface area contributed by atoms with Crippen LogP contribution in [0.25, 0.3) is 0 Å². The molecule has 1 rings (SSSR count). The van der Waals surface area contributed by atoms with Crippen LogP contribution in [-0.2, 0) is 6.54 Å². The molecule has 1 aromatic carbocycles. The van der Waals surface area contributed by atoms with Crippen molar-refractivity contribution in [1.82, 2.24) is 4.90 Å². The van der Waals surface area contributed by atoms with Crippen LogP contribution < -0.4 is 0 Å². The van der Waals surface area contributed by atoms with Crippen LogP contribution in [0.3, 0.4) is 0 Å². The van der Waals surface area contributed by atoms with E-state index in [0.29, 0.717) is 23.1 Å². The molecule has 0 bridgehead atoms. The van der Waals surface area contributed by atoms with Gasteiger partial charge in [0.25, 0.3) is 0 Å². The van der Waals surface area contributed by atoms with Crippen LogP contribution in [0.4, 0.5) is 0 Å². The summed E-state index contributed by atoms with van der Waals surface area (Å²) in [6.45, 7) is 3.06. The van der Waals surface area contributed by atoms with Gasteiger partial charge in [0.05, 0.1) is 6.10 Å². The predicted molar refractivity (Wildman–Crippen MR) is 64.5 cm³/mol. The number of hydrogen-bond donors (Lipinski definition) is 1. The second-order valence-corrected chi connectivity index (χ2v) is 4.63. The van der Waals surface area contributed by atoms with E-state index in [9.17, 15) is 5.11 Å². The minimum atomic E-state index is -0.340. The monoisotopic (exact) mass is 247 g/mol. The molecule has 84 valence electrons. The molecule has 0 aliphatic rings. The molecule has 1 atom stereocenters. The minimum Gasteiger partial charge on any atom is -0.392 e. The van der Waals surface area contributed by atoms with Crippen LogP contribution in [0.1, 0.15) is 12.5 Å². The van der Waals surface area contributed by atoms with Gasteiger partial charge in [0.15, 0.2) is 0 Å². The highest BCUT2D eigenvalue weighted by atomic mass is 35.5. The summed E-state index contributed by atoms with van der Waals surface area (Å²) in [5.41, 5.74) is 0.979. The highest BCUT2D eigenvalue weighted by Crippen LogP contribution is 2.21. The largest absolute Gasteiger partial charge is 0.392 e. The Kier molecular flexibility index (Phi) is 4.87. The fourth-order valence-corrected chi connectivity index (χ4v) is 1.84. The Morgan fingerprint density at radius 2 is 2.07 bits per heavy atom. The van der Waals surface area contributed by atoms with E-state index in [1.807, 2.05) is 18.0 Å². The summed E-state index contributed by atoms with van der Waals surface area (Å²) in [6.07, 6.45) is -0.340. The maximum atomic E-state index is 9.22. The van der Waals surface area contributed by atoms with Gasteiger partial charge in [-0.25, -0.2) is 0 Å². The van der Waals surface area contributed by atoms with Crippen molar-refractivity contribution in [1.29, 1.82) is 0 Å². The van der Waals surface area contributed by atoms with Gasteiger partial charge in [-0.1, -0.05) is 23.2 Å². The molecule has 2 nitrogen and oxygen atoms in total. The molecule has 1 aromatic rings. The lowest BCUT2D eigenvalue weighted by atomic mass is 10.2. The summed E-state index contributed by atoms with van der Waals surface area (Å²) in [7, 11) is 1.93. The first-order valence-electron chi connectivity index (χ1n) is 4.79. The topological polar surface area (TPSA) is 23.5 Å². The first-order valence-corrected chi connectivity index (χ1v) is 5.55. The van der Waals surface area contributed by atoms with Gasteiger partial charge in [0, 0.05) is 23.1 Å². The van der Waals surface area contributed by atoms with E-state index in [4.69, 9.17) is 23.2 Å². The first kappa shape index (κ1) is 12.8. The zero-order chi connectivity index (χ0) is 11.4. The lowest BCUT2D eigenvalue weighted by molar-refractivity contribution is 0.138. The highest BCUT2D eigenvalue weighted by molar-refractivity contribution is 6.33. The van der Waals surface area contributed by atoms with Crippen molar-refractivity contribution in [2.45, 2.75) is 19.6 Å². The number of hydrogen-bond acceptors (Lipinski definition) is 2. The van der Waals surface area contributed by atoms with Gasteiger partial charge < -0.3 is 5.11 Å². The molecule has 0 aliphatic heterocycles. The Morgan fingerprint density at radius 3 is 2.67 bits per heavy atom. The molecule has 1 N–H and O–H groups in total. The van der Waals surface area contributed by atoms with Crippen molar-refractivity contribution in [3.63, 3.8) is 0 Å². The van der Waals surface area contributed by atoms with Crippen LogP contribution in [0.2, 0.25) is 10.0 Å². The fourth-order valence-electron chi connectivity index (χ4n) is 1.47. The second-order valence-electron chi connectivity index (χ2n) is 3.78. The molecule has 0 amide bonds. The van der Waals surface area contributed by atoms with E-state index in [2.05, 4.69) is 0 Å². The third-order valence-corrected chi connectivity index (χ3v) is 2.63. The van der Waals surface area contributed by atoms with Crippen LogP contribution in [0, 0.1) is 0 Å². The lowest BCUT2D eigenvalue weighted by Gasteiger charge is -2.19. The molecule has 15 heavy (non-hydrogen) atoms.